The molecule has 0 bridgehead atoms. The van der Waals surface area contributed by atoms with Crippen LogP contribution in [0.1, 0.15) is 45.6 Å². The van der Waals surface area contributed by atoms with E-state index in [0.717, 1.165) is 5.56 Å². The third-order valence-corrected chi connectivity index (χ3v) is 5.20. The lowest BCUT2D eigenvalue weighted by Gasteiger charge is -2.51. The molecule has 1 aromatic rings. The quantitative estimate of drug-likeness (QED) is 0.431. The van der Waals surface area contributed by atoms with Crippen molar-refractivity contribution in [2.45, 2.75) is 57.0 Å². The van der Waals surface area contributed by atoms with E-state index in [1.54, 1.807) is 0 Å². The van der Waals surface area contributed by atoms with E-state index in [-0.39, 0.29) is 17.3 Å². The SMILES string of the molecule is CC(=O)NC1(C(CC(C)(C)c2ccccc2)N=C(N)N)CC(C(=O)O)C1. The first kappa shape index (κ1) is 19.8. The maximum atomic E-state index is 11.8. The van der Waals surface area contributed by atoms with Crippen LogP contribution in [0.25, 0.3) is 0 Å². The smallest absolute Gasteiger partial charge is 0.306 e. The number of carbonyl (C=O) groups is 2. The maximum absolute atomic E-state index is 11.8. The van der Waals surface area contributed by atoms with E-state index in [4.69, 9.17) is 11.5 Å². The van der Waals surface area contributed by atoms with Gasteiger partial charge >= 0.3 is 5.97 Å². The van der Waals surface area contributed by atoms with Crippen LogP contribution >= 0.6 is 0 Å². The van der Waals surface area contributed by atoms with Crippen LogP contribution in [0.15, 0.2) is 35.3 Å². The lowest BCUT2D eigenvalue weighted by molar-refractivity contribution is -0.150. The molecule has 1 unspecified atom stereocenters. The van der Waals surface area contributed by atoms with Crippen molar-refractivity contribution in [3.8, 4) is 0 Å². The summed E-state index contributed by atoms with van der Waals surface area (Å²) in [6, 6.07) is 9.56. The highest BCUT2D eigenvalue weighted by molar-refractivity contribution is 5.78. The molecule has 0 aromatic heterocycles. The highest BCUT2D eigenvalue weighted by Gasteiger charge is 2.54. The second kappa shape index (κ2) is 7.35. The Hall–Kier alpha value is -2.57. The zero-order valence-electron chi connectivity index (χ0n) is 15.5. The number of carbonyl (C=O) groups excluding carboxylic acids is 1. The van der Waals surface area contributed by atoms with Gasteiger partial charge in [-0.1, -0.05) is 44.2 Å². The molecule has 1 fully saturated rings. The molecule has 26 heavy (non-hydrogen) atoms. The van der Waals surface area contributed by atoms with E-state index in [9.17, 15) is 14.7 Å². The van der Waals surface area contributed by atoms with Crippen LogP contribution in [0, 0.1) is 5.92 Å². The van der Waals surface area contributed by atoms with Crippen molar-refractivity contribution in [2.75, 3.05) is 0 Å². The molecule has 1 aliphatic carbocycles. The Morgan fingerprint density at radius 1 is 1.31 bits per heavy atom. The molecule has 1 aliphatic rings. The molecule has 0 radical (unpaired) electrons. The van der Waals surface area contributed by atoms with E-state index in [0.29, 0.717) is 19.3 Å². The molecule has 0 heterocycles. The van der Waals surface area contributed by atoms with E-state index >= 15 is 0 Å². The first-order valence-corrected chi connectivity index (χ1v) is 8.71. The van der Waals surface area contributed by atoms with E-state index < -0.39 is 23.5 Å². The fourth-order valence-corrected chi connectivity index (χ4v) is 3.84. The van der Waals surface area contributed by atoms with Gasteiger partial charge in [-0.05, 0) is 30.2 Å². The van der Waals surface area contributed by atoms with Crippen LogP contribution in [0.3, 0.4) is 0 Å². The van der Waals surface area contributed by atoms with Crippen LogP contribution < -0.4 is 16.8 Å². The Labute approximate surface area is 153 Å². The lowest BCUT2D eigenvalue weighted by Crippen LogP contribution is -2.65. The van der Waals surface area contributed by atoms with Gasteiger partial charge in [-0.3, -0.25) is 9.59 Å². The van der Waals surface area contributed by atoms with Crippen molar-refractivity contribution >= 4 is 17.8 Å². The molecule has 142 valence electrons. The summed E-state index contributed by atoms with van der Waals surface area (Å²) in [7, 11) is 0. The number of hydrogen-bond donors (Lipinski definition) is 4. The predicted molar refractivity (Wildman–Crippen MR) is 101 cm³/mol. The van der Waals surface area contributed by atoms with Crippen molar-refractivity contribution in [2.24, 2.45) is 22.4 Å². The minimum atomic E-state index is -0.864. The highest BCUT2D eigenvalue weighted by atomic mass is 16.4. The van der Waals surface area contributed by atoms with Crippen LogP contribution in [-0.2, 0) is 15.0 Å². The van der Waals surface area contributed by atoms with Crippen molar-refractivity contribution in [3.63, 3.8) is 0 Å². The summed E-state index contributed by atoms with van der Waals surface area (Å²) in [5.74, 6) is -1.65. The molecule has 0 saturated heterocycles. The molecule has 1 saturated carbocycles. The molecule has 1 aromatic carbocycles. The molecule has 0 aliphatic heterocycles. The molecule has 1 atom stereocenters. The number of nitrogens with two attached hydrogens (primary N) is 2. The largest absolute Gasteiger partial charge is 0.481 e. The molecule has 6 N–H and O–H groups in total. The number of hydrogen-bond acceptors (Lipinski definition) is 3. The fourth-order valence-electron chi connectivity index (χ4n) is 3.84. The summed E-state index contributed by atoms with van der Waals surface area (Å²) in [6.07, 6.45) is 1.20. The number of guanidine groups is 1. The molecule has 7 nitrogen and oxygen atoms in total. The Morgan fingerprint density at radius 3 is 2.35 bits per heavy atom. The molecule has 1 amide bonds. The number of aliphatic imine (C=N–C) groups is 1. The van der Waals surface area contributed by atoms with Gasteiger partial charge in [-0.15, -0.1) is 0 Å². The van der Waals surface area contributed by atoms with Gasteiger partial charge in [-0.2, -0.15) is 0 Å². The van der Waals surface area contributed by atoms with Gasteiger partial charge in [-0.25, -0.2) is 4.99 Å². The number of carboxylic acid groups (broad SMARTS) is 1. The second-order valence-electron chi connectivity index (χ2n) is 7.80. The van der Waals surface area contributed by atoms with Gasteiger partial charge in [0.2, 0.25) is 5.91 Å². The Kier molecular flexibility index (Phi) is 5.59. The van der Waals surface area contributed by atoms with E-state index in [1.165, 1.54) is 6.92 Å². The van der Waals surface area contributed by atoms with Gasteiger partial charge in [0.05, 0.1) is 17.5 Å². The van der Waals surface area contributed by atoms with Gasteiger partial charge in [0.1, 0.15) is 0 Å². The van der Waals surface area contributed by atoms with Gasteiger partial charge in [0, 0.05) is 6.92 Å². The number of rotatable bonds is 7. The van der Waals surface area contributed by atoms with E-state index in [2.05, 4.69) is 24.2 Å². The predicted octanol–water partition coefficient (Wildman–Crippen LogP) is 1.37. The minimum absolute atomic E-state index is 0.0673. The average molecular weight is 360 g/mol. The number of amides is 1. The standard InChI is InChI=1S/C19H28N4O3/c1-12(24)23-19(9-13(10-19)16(25)26)15(22-17(20)21)11-18(2,3)14-7-5-4-6-8-14/h4-8,13,15H,9-11H2,1-3H3,(H,23,24)(H,25,26)(H4,20,21,22). The summed E-state index contributed by atoms with van der Waals surface area (Å²) in [6.45, 7) is 5.60. The van der Waals surface area contributed by atoms with Crippen molar-refractivity contribution in [3.05, 3.63) is 35.9 Å². The minimum Gasteiger partial charge on any atom is -0.481 e. The topological polar surface area (TPSA) is 131 Å². The Morgan fingerprint density at radius 2 is 1.88 bits per heavy atom. The Balaban J connectivity index is 2.34. The third kappa shape index (κ3) is 4.33. The molecule has 7 heteroatoms. The number of carboxylic acids is 1. The fraction of sp³-hybridized carbons (Fsp3) is 0.526. The number of benzene rings is 1. The summed E-state index contributed by atoms with van der Waals surface area (Å²) in [5.41, 5.74) is 11.4. The van der Waals surface area contributed by atoms with Crippen LogP contribution in [0.4, 0.5) is 0 Å². The van der Waals surface area contributed by atoms with Crippen molar-refractivity contribution in [1.29, 1.82) is 0 Å². The first-order chi connectivity index (χ1) is 12.1. The van der Waals surface area contributed by atoms with Gasteiger partial charge < -0.3 is 21.9 Å². The zero-order chi connectivity index (χ0) is 19.5. The summed E-state index contributed by atoms with van der Waals surface area (Å²) in [4.78, 5) is 27.5. The number of aliphatic carboxylic acids is 1. The molecular weight excluding hydrogens is 332 g/mol. The van der Waals surface area contributed by atoms with Gasteiger partial charge in [0.25, 0.3) is 0 Å². The van der Waals surface area contributed by atoms with Gasteiger partial charge in [0.15, 0.2) is 5.96 Å². The third-order valence-electron chi connectivity index (χ3n) is 5.20. The first-order valence-electron chi connectivity index (χ1n) is 8.71. The molecule has 2 rings (SSSR count). The zero-order valence-corrected chi connectivity index (χ0v) is 15.5. The summed E-state index contributed by atoms with van der Waals surface area (Å²) in [5, 5.41) is 12.2. The number of nitrogens with zero attached hydrogens (tertiary/aromatic N) is 1. The van der Waals surface area contributed by atoms with Crippen LogP contribution in [-0.4, -0.2) is 34.5 Å². The molecular formula is C19H28N4O3. The summed E-state index contributed by atoms with van der Waals surface area (Å²) < 4.78 is 0. The Bertz CT molecular complexity index is 690. The maximum Gasteiger partial charge on any atom is 0.306 e. The van der Waals surface area contributed by atoms with E-state index in [1.807, 2.05) is 30.3 Å². The van der Waals surface area contributed by atoms with Crippen LogP contribution in [0.5, 0.6) is 0 Å². The highest BCUT2D eigenvalue weighted by Crippen LogP contribution is 2.45. The molecule has 0 spiro atoms. The summed E-state index contributed by atoms with van der Waals surface area (Å²) >= 11 is 0. The lowest BCUT2D eigenvalue weighted by atomic mass is 9.61. The average Bonchev–Trinajstić information content (AvgIpc) is 2.49. The monoisotopic (exact) mass is 360 g/mol. The van der Waals surface area contributed by atoms with Crippen LogP contribution in [0.2, 0.25) is 0 Å². The van der Waals surface area contributed by atoms with Crippen molar-refractivity contribution in [1.82, 2.24) is 5.32 Å². The normalized spacial score (nSPS) is 23.4. The van der Waals surface area contributed by atoms with Crippen molar-refractivity contribution < 1.29 is 14.7 Å². The second-order valence-corrected chi connectivity index (χ2v) is 7.80. The number of nitrogens with one attached hydrogen (secondary N) is 1.